The molecule has 0 N–H and O–H groups in total. The zero-order valence-electron chi connectivity index (χ0n) is 14.3. The van der Waals surface area contributed by atoms with Gasteiger partial charge in [-0.25, -0.2) is 0 Å². The fraction of sp³-hybridized carbons (Fsp3) is 0.895. The van der Waals surface area contributed by atoms with Gasteiger partial charge in [0.2, 0.25) is 0 Å². The van der Waals surface area contributed by atoms with E-state index in [2.05, 4.69) is 18.7 Å². The predicted molar refractivity (Wildman–Crippen MR) is 93.7 cm³/mol. The van der Waals surface area contributed by atoms with Crippen LogP contribution in [0, 0.1) is 11.7 Å². The van der Waals surface area contributed by atoms with E-state index in [0.717, 1.165) is 18.1 Å². The number of hydrogen-bond donors (Lipinski definition) is 0. The van der Waals surface area contributed by atoms with E-state index in [1.165, 1.54) is 77.0 Å². The molecule has 0 aromatic carbocycles. The van der Waals surface area contributed by atoms with Crippen molar-refractivity contribution in [2.45, 2.75) is 102 Å². The van der Waals surface area contributed by atoms with Gasteiger partial charge >= 0.3 is 0 Å². The zero-order chi connectivity index (χ0) is 15.0. The second-order valence-electron chi connectivity index (χ2n) is 7.37. The van der Waals surface area contributed by atoms with Gasteiger partial charge in [-0.15, -0.1) is 17.6 Å². The standard InChI is InChI=1S/C19H34BO/c1-3-4-5-12-17-20(21-2,18-13-8-6-9-14-18)19-15-10-7-11-16-19/h18-19H,3-11,13-16H2,1-2H3/q-1. The summed E-state index contributed by atoms with van der Waals surface area (Å²) < 4.78 is 6.29. The summed E-state index contributed by atoms with van der Waals surface area (Å²) in [7, 11) is 1.96. The summed E-state index contributed by atoms with van der Waals surface area (Å²) >= 11 is 0. The number of unbranched alkanes of at least 4 members (excludes halogenated alkanes) is 2. The second kappa shape index (κ2) is 8.89. The maximum absolute atomic E-state index is 6.29. The molecule has 2 rings (SSSR count). The molecule has 0 unspecified atom stereocenters. The summed E-state index contributed by atoms with van der Waals surface area (Å²) in [5.41, 5.74) is 0. The highest BCUT2D eigenvalue weighted by atomic mass is 16.4. The zero-order valence-corrected chi connectivity index (χ0v) is 14.3. The smallest absolute Gasteiger partial charge is 0.191 e. The van der Waals surface area contributed by atoms with Crippen LogP contribution in [0.25, 0.3) is 0 Å². The summed E-state index contributed by atoms with van der Waals surface area (Å²) in [6.45, 7) is 2.25. The van der Waals surface area contributed by atoms with E-state index in [4.69, 9.17) is 4.65 Å². The quantitative estimate of drug-likeness (QED) is 0.343. The van der Waals surface area contributed by atoms with Crippen LogP contribution in [0.1, 0.15) is 90.4 Å². The summed E-state index contributed by atoms with van der Waals surface area (Å²) in [5, 5.41) is 0. The van der Waals surface area contributed by atoms with Crippen molar-refractivity contribution in [2.75, 3.05) is 7.11 Å². The van der Waals surface area contributed by atoms with Crippen molar-refractivity contribution in [3.05, 3.63) is 0 Å². The van der Waals surface area contributed by atoms with Gasteiger partial charge in [0.15, 0.2) is 6.35 Å². The maximum Gasteiger partial charge on any atom is 0.191 e. The van der Waals surface area contributed by atoms with Crippen LogP contribution in [0.4, 0.5) is 0 Å². The topological polar surface area (TPSA) is 9.23 Å². The van der Waals surface area contributed by atoms with E-state index in [9.17, 15) is 0 Å². The van der Waals surface area contributed by atoms with E-state index in [0.29, 0.717) is 0 Å². The molecule has 2 heteroatoms. The molecule has 2 fully saturated rings. The van der Waals surface area contributed by atoms with Crippen molar-refractivity contribution in [1.29, 1.82) is 0 Å². The minimum Gasteiger partial charge on any atom is -0.582 e. The van der Waals surface area contributed by atoms with Gasteiger partial charge in [0, 0.05) is 6.42 Å². The molecule has 0 aliphatic heterocycles. The first kappa shape index (κ1) is 16.9. The monoisotopic (exact) mass is 289 g/mol. The Hall–Kier alpha value is -0.415. The molecule has 2 aliphatic carbocycles. The van der Waals surface area contributed by atoms with Crippen LogP contribution in [0.2, 0.25) is 11.6 Å². The molecule has 2 saturated carbocycles. The molecular formula is C19H34BO-. The third-order valence-electron chi connectivity index (χ3n) is 6.07. The van der Waals surface area contributed by atoms with E-state index in [-0.39, 0.29) is 0 Å². The molecule has 0 spiro atoms. The Balaban J connectivity index is 2.17. The Bertz CT molecular complexity index is 324. The van der Waals surface area contributed by atoms with Crippen LogP contribution in [-0.4, -0.2) is 13.5 Å². The van der Waals surface area contributed by atoms with Crippen molar-refractivity contribution in [3.8, 4) is 11.7 Å². The van der Waals surface area contributed by atoms with Crippen LogP contribution in [0.3, 0.4) is 0 Å². The lowest BCUT2D eigenvalue weighted by molar-refractivity contribution is 0.331. The lowest BCUT2D eigenvalue weighted by Gasteiger charge is -2.51. The Kier molecular flexibility index (Phi) is 7.17. The molecule has 21 heavy (non-hydrogen) atoms. The summed E-state index contributed by atoms with van der Waals surface area (Å²) in [6, 6.07) is 0. The average Bonchev–Trinajstić information content (AvgIpc) is 2.57. The predicted octanol–water partition coefficient (Wildman–Crippen LogP) is 5.98. The first-order chi connectivity index (χ1) is 10.3. The number of rotatable bonds is 5. The SMILES string of the molecule is CCCCC#C[B-](OC)(C1CCCCC1)C1CCCCC1. The molecule has 0 saturated heterocycles. The molecule has 0 atom stereocenters. The highest BCUT2D eigenvalue weighted by Crippen LogP contribution is 2.48. The van der Waals surface area contributed by atoms with Crippen molar-refractivity contribution >= 4 is 6.35 Å². The number of hydrogen-bond acceptors (Lipinski definition) is 1. The fourth-order valence-corrected chi connectivity index (χ4v) is 4.82. The van der Waals surface area contributed by atoms with Crippen molar-refractivity contribution in [3.63, 3.8) is 0 Å². The van der Waals surface area contributed by atoms with Gasteiger partial charge in [-0.1, -0.05) is 77.6 Å². The lowest BCUT2D eigenvalue weighted by Crippen LogP contribution is -2.48. The van der Waals surface area contributed by atoms with E-state index < -0.39 is 6.35 Å². The van der Waals surface area contributed by atoms with Gasteiger partial charge in [-0.05, 0) is 13.5 Å². The summed E-state index contributed by atoms with van der Waals surface area (Å²) in [6.07, 6.45) is 16.4. The van der Waals surface area contributed by atoms with Crippen LogP contribution < -0.4 is 0 Å². The summed E-state index contributed by atoms with van der Waals surface area (Å²) in [4.78, 5) is 0. The fourth-order valence-electron chi connectivity index (χ4n) is 4.82. The maximum atomic E-state index is 6.29. The minimum atomic E-state index is -0.917. The first-order valence-electron chi connectivity index (χ1n) is 9.54. The van der Waals surface area contributed by atoms with E-state index >= 15 is 0 Å². The normalized spacial score (nSPS) is 21.8. The highest BCUT2D eigenvalue weighted by Gasteiger charge is 2.39. The van der Waals surface area contributed by atoms with Gasteiger partial charge in [-0.3, -0.25) is 5.82 Å². The van der Waals surface area contributed by atoms with Gasteiger partial charge < -0.3 is 4.65 Å². The third kappa shape index (κ3) is 4.29. The van der Waals surface area contributed by atoms with Crippen molar-refractivity contribution < 1.29 is 4.65 Å². The van der Waals surface area contributed by atoms with Crippen molar-refractivity contribution in [2.24, 2.45) is 0 Å². The van der Waals surface area contributed by atoms with Gasteiger partial charge in [-0.2, -0.15) is 0 Å². The van der Waals surface area contributed by atoms with Gasteiger partial charge in [0.25, 0.3) is 0 Å². The minimum absolute atomic E-state index is 0.737. The van der Waals surface area contributed by atoms with Crippen molar-refractivity contribution in [1.82, 2.24) is 0 Å². The average molecular weight is 289 g/mol. The Morgan fingerprint density at radius 2 is 1.43 bits per heavy atom. The molecule has 0 amide bonds. The largest absolute Gasteiger partial charge is 0.582 e. The first-order valence-corrected chi connectivity index (χ1v) is 9.54. The molecular weight excluding hydrogens is 255 g/mol. The third-order valence-corrected chi connectivity index (χ3v) is 6.07. The molecule has 0 heterocycles. The van der Waals surface area contributed by atoms with Gasteiger partial charge in [0.1, 0.15) is 0 Å². The molecule has 0 aromatic heterocycles. The Morgan fingerprint density at radius 3 is 1.86 bits per heavy atom. The molecule has 0 bridgehead atoms. The Labute approximate surface area is 132 Å². The second-order valence-corrected chi connectivity index (χ2v) is 7.37. The van der Waals surface area contributed by atoms with E-state index in [1.54, 1.807) is 0 Å². The van der Waals surface area contributed by atoms with Crippen LogP contribution in [0.15, 0.2) is 0 Å². The molecule has 1 nitrogen and oxygen atoms in total. The van der Waals surface area contributed by atoms with Crippen LogP contribution in [-0.2, 0) is 4.65 Å². The summed E-state index contributed by atoms with van der Waals surface area (Å²) in [5.74, 6) is 8.75. The van der Waals surface area contributed by atoms with E-state index in [1.807, 2.05) is 7.11 Å². The molecule has 0 aromatic rings. The van der Waals surface area contributed by atoms with Crippen LogP contribution >= 0.6 is 0 Å². The van der Waals surface area contributed by atoms with Crippen LogP contribution in [0.5, 0.6) is 0 Å². The Morgan fingerprint density at radius 1 is 0.905 bits per heavy atom. The molecule has 2 aliphatic rings. The lowest BCUT2D eigenvalue weighted by atomic mass is 9.23. The van der Waals surface area contributed by atoms with Gasteiger partial charge in [0.05, 0.1) is 0 Å². The molecule has 0 radical (unpaired) electrons. The molecule has 120 valence electrons. The highest BCUT2D eigenvalue weighted by molar-refractivity contribution is 6.84.